The number of hydrogen-bond donors (Lipinski definition) is 1. The quantitative estimate of drug-likeness (QED) is 0.492. The molecule has 0 aliphatic carbocycles. The van der Waals surface area contributed by atoms with E-state index in [1.165, 1.54) is 7.05 Å². The Labute approximate surface area is 110 Å². The molecular weight excluding hydrogens is 252 g/mol. The van der Waals surface area contributed by atoms with Crippen molar-refractivity contribution in [2.75, 3.05) is 14.2 Å². The van der Waals surface area contributed by atoms with E-state index in [-0.39, 0.29) is 0 Å². The van der Waals surface area contributed by atoms with Crippen molar-refractivity contribution in [3.05, 3.63) is 35.4 Å². The van der Waals surface area contributed by atoms with Crippen LogP contribution in [0.25, 0.3) is 0 Å². The van der Waals surface area contributed by atoms with Gasteiger partial charge in [-0.2, -0.15) is 5.06 Å². The van der Waals surface area contributed by atoms with E-state index in [2.05, 4.69) is 14.9 Å². The molecule has 0 atom stereocenters. The van der Waals surface area contributed by atoms with Crippen molar-refractivity contribution >= 4 is 18.5 Å². The third-order valence-electron chi connectivity index (χ3n) is 2.25. The van der Waals surface area contributed by atoms with Gasteiger partial charge in [0.2, 0.25) is 6.41 Å². The highest BCUT2D eigenvalue weighted by atomic mass is 16.8. The van der Waals surface area contributed by atoms with Gasteiger partial charge in [0.15, 0.2) is 0 Å². The zero-order valence-electron chi connectivity index (χ0n) is 10.6. The summed E-state index contributed by atoms with van der Waals surface area (Å²) in [7, 11) is 2.45. The molecule has 0 saturated carbocycles. The lowest BCUT2D eigenvalue weighted by molar-refractivity contribution is -0.109. The Morgan fingerprint density at radius 3 is 2.47 bits per heavy atom. The zero-order chi connectivity index (χ0) is 14.3. The molecular formula is C12H14N2O5. The van der Waals surface area contributed by atoms with E-state index in [1.807, 2.05) is 0 Å². The van der Waals surface area contributed by atoms with E-state index in [0.29, 0.717) is 18.5 Å². The number of rotatable bonds is 4. The lowest BCUT2D eigenvalue weighted by Gasteiger charge is -2.15. The molecule has 1 aromatic carbocycles. The molecule has 0 fully saturated rings. The van der Waals surface area contributed by atoms with Crippen LogP contribution in [0.2, 0.25) is 0 Å². The summed E-state index contributed by atoms with van der Waals surface area (Å²) in [5.41, 5.74) is 1.20. The first-order valence-electron chi connectivity index (χ1n) is 5.38. The predicted molar refractivity (Wildman–Crippen MR) is 64.9 cm³/mol. The lowest BCUT2D eigenvalue weighted by Crippen LogP contribution is -2.29. The Bertz CT molecular complexity index is 458. The van der Waals surface area contributed by atoms with Gasteiger partial charge in [0.25, 0.3) is 5.91 Å². The van der Waals surface area contributed by atoms with Gasteiger partial charge in [-0.15, -0.1) is 0 Å². The van der Waals surface area contributed by atoms with Crippen LogP contribution in [0.1, 0.15) is 15.9 Å². The van der Waals surface area contributed by atoms with Gasteiger partial charge in [0.05, 0.1) is 7.11 Å². The summed E-state index contributed by atoms with van der Waals surface area (Å²) in [6.45, 7) is 0.381. The molecule has 0 unspecified atom stereocenters. The molecule has 102 valence electrons. The third-order valence-corrected chi connectivity index (χ3v) is 2.25. The Balaban J connectivity index is 2.66. The number of carbonyl (C=O) groups is 3. The van der Waals surface area contributed by atoms with Crippen molar-refractivity contribution in [3.63, 3.8) is 0 Å². The molecule has 7 heteroatoms. The molecule has 19 heavy (non-hydrogen) atoms. The summed E-state index contributed by atoms with van der Waals surface area (Å²) in [6.07, 6.45) is -0.375. The van der Waals surface area contributed by atoms with Crippen molar-refractivity contribution < 1.29 is 24.0 Å². The van der Waals surface area contributed by atoms with Crippen LogP contribution >= 0.6 is 0 Å². The molecule has 7 nitrogen and oxygen atoms in total. The van der Waals surface area contributed by atoms with Gasteiger partial charge >= 0.3 is 6.16 Å². The largest absolute Gasteiger partial charge is 0.533 e. The van der Waals surface area contributed by atoms with Crippen molar-refractivity contribution in [1.82, 2.24) is 10.4 Å². The van der Waals surface area contributed by atoms with Crippen molar-refractivity contribution in [3.8, 4) is 0 Å². The Morgan fingerprint density at radius 1 is 1.32 bits per heavy atom. The fourth-order valence-electron chi connectivity index (χ4n) is 1.30. The average Bonchev–Trinajstić information content (AvgIpc) is 2.44. The smallest absolute Gasteiger partial charge is 0.436 e. The molecule has 2 amide bonds. The monoisotopic (exact) mass is 266 g/mol. The number of hydrogen-bond acceptors (Lipinski definition) is 5. The summed E-state index contributed by atoms with van der Waals surface area (Å²) >= 11 is 0. The maximum atomic E-state index is 11.8. The molecule has 0 heterocycles. The summed E-state index contributed by atoms with van der Waals surface area (Å²) < 4.78 is 4.27. The second-order valence-corrected chi connectivity index (χ2v) is 3.54. The van der Waals surface area contributed by atoms with Crippen LogP contribution in [0, 0.1) is 0 Å². The molecule has 0 spiro atoms. The van der Waals surface area contributed by atoms with Crippen LogP contribution < -0.4 is 5.32 Å². The fraction of sp³-hybridized carbons (Fsp3) is 0.250. The normalized spacial score (nSPS) is 9.37. The van der Waals surface area contributed by atoms with E-state index in [9.17, 15) is 14.4 Å². The molecule has 1 N–H and O–H groups in total. The van der Waals surface area contributed by atoms with E-state index in [4.69, 9.17) is 0 Å². The minimum atomic E-state index is -0.970. The summed E-state index contributed by atoms with van der Waals surface area (Å²) in [5, 5.41) is 3.29. The molecule has 0 bridgehead atoms. The first-order valence-corrected chi connectivity index (χ1v) is 5.38. The molecule has 0 aromatic heterocycles. The van der Waals surface area contributed by atoms with Crippen LogP contribution in [0.4, 0.5) is 4.79 Å². The number of benzene rings is 1. The fourth-order valence-corrected chi connectivity index (χ4v) is 1.30. The van der Waals surface area contributed by atoms with Gasteiger partial charge in [-0.3, -0.25) is 9.59 Å². The van der Waals surface area contributed by atoms with Crippen LogP contribution in [0.3, 0.4) is 0 Å². The van der Waals surface area contributed by atoms with Crippen molar-refractivity contribution in [2.24, 2.45) is 0 Å². The number of methoxy groups -OCH3 is 1. The van der Waals surface area contributed by atoms with Gasteiger partial charge in [-0.1, -0.05) is 12.1 Å². The van der Waals surface area contributed by atoms with Crippen molar-refractivity contribution in [1.29, 1.82) is 0 Å². The SMILES string of the molecule is COC(=O)ON(C)C(=O)c1ccc(CNC=O)cc1. The maximum Gasteiger partial charge on any atom is 0.533 e. The summed E-state index contributed by atoms with van der Waals surface area (Å²) in [5.74, 6) is -0.486. The molecule has 0 saturated heterocycles. The van der Waals surface area contributed by atoms with Crippen molar-refractivity contribution in [2.45, 2.75) is 6.54 Å². The minimum Gasteiger partial charge on any atom is -0.436 e. The minimum absolute atomic E-state index is 0.348. The van der Waals surface area contributed by atoms with Crippen LogP contribution in [-0.4, -0.2) is 37.7 Å². The highest BCUT2D eigenvalue weighted by Gasteiger charge is 2.16. The second-order valence-electron chi connectivity index (χ2n) is 3.54. The Kier molecular flexibility index (Phi) is 5.34. The summed E-state index contributed by atoms with van der Waals surface area (Å²) in [4.78, 5) is 37.4. The number of ether oxygens (including phenoxy) is 1. The second kappa shape index (κ2) is 7.00. The van der Waals surface area contributed by atoms with Crippen LogP contribution in [0.5, 0.6) is 0 Å². The van der Waals surface area contributed by atoms with Gasteiger partial charge < -0.3 is 14.9 Å². The molecule has 0 aliphatic heterocycles. The molecule has 0 radical (unpaired) electrons. The topological polar surface area (TPSA) is 84.9 Å². The number of amides is 2. The van der Waals surface area contributed by atoms with Gasteiger partial charge in [0.1, 0.15) is 0 Å². The van der Waals surface area contributed by atoms with E-state index < -0.39 is 12.1 Å². The molecule has 0 aliphatic rings. The first kappa shape index (κ1) is 14.5. The highest BCUT2D eigenvalue weighted by molar-refractivity contribution is 5.93. The summed E-state index contributed by atoms with van der Waals surface area (Å²) in [6, 6.07) is 6.52. The van der Waals surface area contributed by atoms with Gasteiger partial charge in [-0.25, -0.2) is 4.79 Å². The van der Waals surface area contributed by atoms with Gasteiger partial charge in [-0.05, 0) is 17.7 Å². The predicted octanol–water partition coefficient (Wildman–Crippen LogP) is 0.703. The third kappa shape index (κ3) is 4.30. The lowest BCUT2D eigenvalue weighted by atomic mass is 10.1. The number of carbonyl (C=O) groups excluding carboxylic acids is 3. The number of nitrogens with zero attached hydrogens (tertiary/aromatic N) is 1. The standard InChI is InChI=1S/C12H14N2O5/c1-14(19-12(17)18-2)11(16)10-5-3-9(4-6-10)7-13-8-15/h3-6,8H,7H2,1-2H3,(H,13,15). The maximum absolute atomic E-state index is 11.8. The molecule has 1 aromatic rings. The van der Waals surface area contributed by atoms with Crippen LogP contribution in [-0.2, 0) is 20.9 Å². The molecule has 1 rings (SSSR count). The Hall–Kier alpha value is -2.57. The number of nitrogens with one attached hydrogen (secondary N) is 1. The van der Waals surface area contributed by atoms with E-state index in [1.54, 1.807) is 24.3 Å². The Morgan fingerprint density at radius 2 is 1.95 bits per heavy atom. The van der Waals surface area contributed by atoms with E-state index >= 15 is 0 Å². The van der Waals surface area contributed by atoms with E-state index in [0.717, 1.165) is 17.7 Å². The zero-order valence-corrected chi connectivity index (χ0v) is 10.6. The van der Waals surface area contributed by atoms with Gasteiger partial charge in [0, 0.05) is 19.2 Å². The highest BCUT2D eigenvalue weighted by Crippen LogP contribution is 2.07. The first-order chi connectivity index (χ1) is 9.08. The average molecular weight is 266 g/mol. The van der Waals surface area contributed by atoms with Crippen LogP contribution in [0.15, 0.2) is 24.3 Å². The number of hydroxylamine groups is 2.